The van der Waals surface area contributed by atoms with Gasteiger partial charge in [0.2, 0.25) is 0 Å². The molecule has 1 aromatic heterocycles. The molecule has 0 atom stereocenters. The summed E-state index contributed by atoms with van der Waals surface area (Å²) in [6, 6.07) is 77.4. The molecule has 0 saturated carbocycles. The molecule has 0 amide bonds. The smallest absolute Gasteiger partial charge is 0.0544 e. The van der Waals surface area contributed by atoms with Crippen molar-refractivity contribution in [3.05, 3.63) is 223 Å². The van der Waals surface area contributed by atoms with E-state index >= 15 is 0 Å². The largest absolute Gasteiger partial charge is 0.354 e. The number of nitrogens with one attached hydrogen (secondary N) is 1. The van der Waals surface area contributed by atoms with Crippen LogP contribution in [-0.2, 0) is 5.41 Å². The highest BCUT2D eigenvalue weighted by molar-refractivity contribution is 6.17. The number of hydrogen-bond donors (Lipinski definition) is 1. The molecule has 0 spiro atoms. The first kappa shape index (κ1) is 34.8. The van der Waals surface area contributed by atoms with E-state index in [4.69, 9.17) is 0 Å². The molecule has 0 radical (unpaired) electrons. The summed E-state index contributed by atoms with van der Waals surface area (Å²) in [6.07, 6.45) is 0. The SMILES string of the molecule is CC1(C)c2ccccc2-c2ccc(N(c3ccc(-c4ccccc4)cc3)c3ccc(-c4ccc5c(ccc6[nH]c(-c7ccccc7)c(-c7ccccc7)c65)c4)cc3)cc21. The van der Waals surface area contributed by atoms with Gasteiger partial charge in [-0.25, -0.2) is 0 Å². The lowest BCUT2D eigenvalue weighted by Gasteiger charge is -2.28. The Labute approximate surface area is 345 Å². The Kier molecular flexibility index (Phi) is 8.20. The van der Waals surface area contributed by atoms with Crippen molar-refractivity contribution in [3.8, 4) is 55.8 Å². The number of rotatable bonds is 7. The van der Waals surface area contributed by atoms with Crippen LogP contribution in [-0.4, -0.2) is 4.98 Å². The predicted molar refractivity (Wildman–Crippen MR) is 250 cm³/mol. The van der Waals surface area contributed by atoms with E-state index in [2.05, 4.69) is 236 Å². The highest BCUT2D eigenvalue weighted by atomic mass is 15.1. The minimum absolute atomic E-state index is 0.0956. The fraction of sp³-hybridized carbons (Fsp3) is 0.0526. The van der Waals surface area contributed by atoms with E-state index in [0.717, 1.165) is 28.3 Å². The number of aromatic nitrogens is 1. The molecule has 0 saturated heterocycles. The van der Waals surface area contributed by atoms with Gasteiger partial charge in [0, 0.05) is 38.9 Å². The molecule has 0 bridgehead atoms. The topological polar surface area (TPSA) is 19.0 Å². The van der Waals surface area contributed by atoms with Gasteiger partial charge in [0.1, 0.15) is 0 Å². The van der Waals surface area contributed by atoms with Crippen LogP contribution < -0.4 is 4.90 Å². The van der Waals surface area contributed by atoms with Crippen LogP contribution in [0.25, 0.3) is 77.4 Å². The van der Waals surface area contributed by atoms with E-state index in [1.54, 1.807) is 0 Å². The molecule has 1 heterocycles. The molecule has 59 heavy (non-hydrogen) atoms. The van der Waals surface area contributed by atoms with Gasteiger partial charge in [-0.05, 0) is 115 Å². The Morgan fingerprint density at radius 1 is 0.390 bits per heavy atom. The zero-order valence-corrected chi connectivity index (χ0v) is 33.2. The molecule has 0 unspecified atom stereocenters. The van der Waals surface area contributed by atoms with Gasteiger partial charge in [-0.15, -0.1) is 0 Å². The minimum atomic E-state index is -0.0956. The fourth-order valence-electron chi connectivity index (χ4n) is 9.43. The summed E-state index contributed by atoms with van der Waals surface area (Å²) in [4.78, 5) is 6.19. The van der Waals surface area contributed by atoms with Crippen LogP contribution in [0.1, 0.15) is 25.0 Å². The molecule has 10 aromatic rings. The summed E-state index contributed by atoms with van der Waals surface area (Å²) >= 11 is 0. The van der Waals surface area contributed by atoms with Crippen LogP contribution in [0.4, 0.5) is 17.1 Å². The quantitative estimate of drug-likeness (QED) is 0.172. The summed E-state index contributed by atoms with van der Waals surface area (Å²) in [7, 11) is 0. The van der Waals surface area contributed by atoms with Crippen LogP contribution in [0, 0.1) is 0 Å². The standard InChI is InChI=1S/C57H42N2/c1-57(2)51-21-13-12-20-49(51)50-34-32-47(37-52(50)57)59(45-28-22-39(23-29-45)38-14-6-3-7-15-38)46-30-24-40(25-31-46)43-26-33-48-44(36-43)27-35-53-55(48)54(41-16-8-4-9-17-41)56(58-53)42-18-10-5-11-19-42/h3-37,58H,1-2H3. The number of fused-ring (bicyclic) bond motifs is 6. The van der Waals surface area contributed by atoms with E-state index in [-0.39, 0.29) is 5.41 Å². The van der Waals surface area contributed by atoms with E-state index in [1.807, 2.05) is 0 Å². The van der Waals surface area contributed by atoms with Crippen LogP contribution in [0.5, 0.6) is 0 Å². The van der Waals surface area contributed by atoms with Gasteiger partial charge in [-0.1, -0.05) is 178 Å². The first-order valence-corrected chi connectivity index (χ1v) is 20.5. The third kappa shape index (κ3) is 5.87. The number of benzene rings is 9. The van der Waals surface area contributed by atoms with Gasteiger partial charge < -0.3 is 9.88 Å². The first-order valence-electron chi connectivity index (χ1n) is 20.5. The van der Waals surface area contributed by atoms with Gasteiger partial charge >= 0.3 is 0 Å². The van der Waals surface area contributed by atoms with Gasteiger partial charge in [0.25, 0.3) is 0 Å². The van der Waals surface area contributed by atoms with Crippen molar-refractivity contribution in [2.24, 2.45) is 0 Å². The molecule has 1 aliphatic carbocycles. The molecule has 1 aliphatic rings. The van der Waals surface area contributed by atoms with Crippen molar-refractivity contribution >= 4 is 38.7 Å². The molecule has 280 valence electrons. The van der Waals surface area contributed by atoms with Crippen LogP contribution in [0.3, 0.4) is 0 Å². The predicted octanol–water partition coefficient (Wildman–Crippen LogP) is 15.8. The highest BCUT2D eigenvalue weighted by Crippen LogP contribution is 2.51. The van der Waals surface area contributed by atoms with Crippen molar-refractivity contribution in [2.75, 3.05) is 4.90 Å². The molecule has 2 nitrogen and oxygen atoms in total. The van der Waals surface area contributed by atoms with E-state index < -0.39 is 0 Å². The van der Waals surface area contributed by atoms with Crippen LogP contribution in [0.15, 0.2) is 212 Å². The number of aromatic amines is 1. The number of H-pyrrole nitrogens is 1. The van der Waals surface area contributed by atoms with Gasteiger partial charge in [0.05, 0.1) is 5.69 Å². The molecule has 9 aromatic carbocycles. The van der Waals surface area contributed by atoms with E-state index in [9.17, 15) is 0 Å². The maximum Gasteiger partial charge on any atom is 0.0544 e. The van der Waals surface area contributed by atoms with Crippen LogP contribution >= 0.6 is 0 Å². The number of hydrogen-bond acceptors (Lipinski definition) is 1. The second-order valence-corrected chi connectivity index (χ2v) is 16.2. The Morgan fingerprint density at radius 3 is 1.59 bits per heavy atom. The lowest BCUT2D eigenvalue weighted by Crippen LogP contribution is -2.16. The average Bonchev–Trinajstić information content (AvgIpc) is 3.80. The maximum absolute atomic E-state index is 3.79. The second kappa shape index (κ2) is 13.9. The normalized spacial score (nSPS) is 12.7. The Hall–Kier alpha value is -7.42. The maximum atomic E-state index is 3.79. The monoisotopic (exact) mass is 754 g/mol. The molecule has 1 N–H and O–H groups in total. The molecular weight excluding hydrogens is 713 g/mol. The Balaban J connectivity index is 0.996. The summed E-state index contributed by atoms with van der Waals surface area (Å²) in [5.41, 5.74) is 19.4. The number of nitrogens with zero attached hydrogens (tertiary/aromatic N) is 1. The van der Waals surface area contributed by atoms with Crippen molar-refractivity contribution in [2.45, 2.75) is 19.3 Å². The Morgan fingerprint density at radius 2 is 0.915 bits per heavy atom. The van der Waals surface area contributed by atoms with Gasteiger partial charge in [-0.2, -0.15) is 0 Å². The van der Waals surface area contributed by atoms with Gasteiger partial charge in [0.15, 0.2) is 0 Å². The molecular formula is C57H42N2. The molecule has 0 fully saturated rings. The highest BCUT2D eigenvalue weighted by Gasteiger charge is 2.35. The van der Waals surface area contributed by atoms with E-state index in [0.29, 0.717) is 0 Å². The van der Waals surface area contributed by atoms with Crippen molar-refractivity contribution < 1.29 is 0 Å². The van der Waals surface area contributed by atoms with Gasteiger partial charge in [-0.3, -0.25) is 0 Å². The fourth-order valence-corrected chi connectivity index (χ4v) is 9.43. The molecule has 11 rings (SSSR count). The zero-order chi connectivity index (χ0) is 39.5. The number of anilines is 3. The van der Waals surface area contributed by atoms with E-state index in [1.165, 1.54) is 77.4 Å². The summed E-state index contributed by atoms with van der Waals surface area (Å²) < 4.78 is 0. The second-order valence-electron chi connectivity index (χ2n) is 16.2. The lowest BCUT2D eigenvalue weighted by atomic mass is 9.82. The van der Waals surface area contributed by atoms with Crippen molar-refractivity contribution in [3.63, 3.8) is 0 Å². The minimum Gasteiger partial charge on any atom is -0.354 e. The van der Waals surface area contributed by atoms with Crippen molar-refractivity contribution in [1.82, 2.24) is 4.98 Å². The summed E-state index contributed by atoms with van der Waals surface area (Å²) in [5.74, 6) is 0. The molecule has 0 aliphatic heterocycles. The molecule has 2 heteroatoms. The average molecular weight is 755 g/mol. The third-order valence-corrected chi connectivity index (χ3v) is 12.4. The third-order valence-electron chi connectivity index (χ3n) is 12.4. The lowest BCUT2D eigenvalue weighted by molar-refractivity contribution is 0.660. The summed E-state index contributed by atoms with van der Waals surface area (Å²) in [5, 5.41) is 3.72. The Bertz CT molecular complexity index is 3140. The first-order chi connectivity index (χ1) is 29.0. The zero-order valence-electron chi connectivity index (χ0n) is 33.2. The summed E-state index contributed by atoms with van der Waals surface area (Å²) in [6.45, 7) is 4.70. The van der Waals surface area contributed by atoms with Crippen LogP contribution in [0.2, 0.25) is 0 Å². The van der Waals surface area contributed by atoms with Crippen molar-refractivity contribution in [1.29, 1.82) is 0 Å².